The maximum atomic E-state index is 11.9. The number of hydrogen-bond acceptors (Lipinski definition) is 5. The van der Waals surface area contributed by atoms with Crippen LogP contribution in [0.3, 0.4) is 0 Å². The van der Waals surface area contributed by atoms with E-state index >= 15 is 0 Å². The van der Waals surface area contributed by atoms with Gasteiger partial charge in [0.05, 0.1) is 10.3 Å². The molecule has 0 aliphatic rings. The molecular formula is C11H14N4OS. The summed E-state index contributed by atoms with van der Waals surface area (Å²) in [5.41, 5.74) is 6.96. The maximum Gasteiger partial charge on any atom is 0.266 e. The highest BCUT2D eigenvalue weighted by Gasteiger charge is 2.11. The van der Waals surface area contributed by atoms with Crippen LogP contribution in [0, 0.1) is 0 Å². The Morgan fingerprint density at radius 3 is 3.18 bits per heavy atom. The second-order valence-corrected chi connectivity index (χ2v) is 4.42. The van der Waals surface area contributed by atoms with Crippen molar-refractivity contribution in [2.24, 2.45) is 0 Å². The third-order valence-electron chi connectivity index (χ3n) is 2.38. The third kappa shape index (κ3) is 2.78. The Kier molecular flexibility index (Phi) is 4.00. The summed E-state index contributed by atoms with van der Waals surface area (Å²) in [6.07, 6.45) is 2.13. The lowest BCUT2D eigenvalue weighted by molar-refractivity contribution is 0.0935. The molecule has 0 saturated heterocycles. The lowest BCUT2D eigenvalue weighted by atomic mass is 10.2. The Morgan fingerprint density at radius 1 is 1.47 bits per heavy atom. The summed E-state index contributed by atoms with van der Waals surface area (Å²) in [6, 6.07) is 5.43. The predicted octanol–water partition coefficient (Wildman–Crippen LogP) is 1.73. The smallest absolute Gasteiger partial charge is 0.266 e. The van der Waals surface area contributed by atoms with Crippen LogP contribution in [0.1, 0.15) is 30.1 Å². The predicted molar refractivity (Wildman–Crippen MR) is 67.8 cm³/mol. The van der Waals surface area contributed by atoms with Gasteiger partial charge in [-0.2, -0.15) is 0 Å². The largest absolute Gasteiger partial charge is 0.287 e. The average molecular weight is 250 g/mol. The lowest BCUT2D eigenvalue weighted by Gasteiger charge is -2.06. The molecule has 0 atom stereocenters. The zero-order valence-corrected chi connectivity index (χ0v) is 10.4. The van der Waals surface area contributed by atoms with E-state index in [0.717, 1.165) is 29.6 Å². The van der Waals surface area contributed by atoms with Crippen molar-refractivity contribution in [2.75, 3.05) is 6.54 Å². The van der Waals surface area contributed by atoms with Crippen LogP contribution in [0.5, 0.6) is 0 Å². The van der Waals surface area contributed by atoms with Crippen LogP contribution in [0.4, 0.5) is 0 Å². The minimum Gasteiger partial charge on any atom is -0.287 e. The summed E-state index contributed by atoms with van der Waals surface area (Å²) in [5, 5.41) is 3.94. The number of hydrogen-bond donors (Lipinski definition) is 2. The van der Waals surface area contributed by atoms with Crippen LogP contribution in [0.25, 0.3) is 10.2 Å². The number of rotatable bonds is 5. The van der Waals surface area contributed by atoms with Gasteiger partial charge < -0.3 is 0 Å². The molecule has 2 rings (SSSR count). The Hall–Kier alpha value is -1.53. The van der Waals surface area contributed by atoms with Crippen LogP contribution in [-0.2, 0) is 0 Å². The molecule has 1 amide bonds. The van der Waals surface area contributed by atoms with E-state index < -0.39 is 0 Å². The molecule has 17 heavy (non-hydrogen) atoms. The SMILES string of the molecule is CCCCNNC(=O)c1cccc2nnsc12. The highest BCUT2D eigenvalue weighted by atomic mass is 32.1. The first-order chi connectivity index (χ1) is 8.33. The van der Waals surface area contributed by atoms with Gasteiger partial charge in [0.15, 0.2) is 0 Å². The monoisotopic (exact) mass is 250 g/mol. The number of unbranched alkanes of at least 4 members (excludes halogenated alkanes) is 1. The van der Waals surface area contributed by atoms with E-state index in [4.69, 9.17) is 0 Å². The Morgan fingerprint density at radius 2 is 2.35 bits per heavy atom. The molecule has 0 bridgehead atoms. The molecule has 1 heterocycles. The van der Waals surface area contributed by atoms with Crippen molar-refractivity contribution in [3.05, 3.63) is 23.8 Å². The van der Waals surface area contributed by atoms with Crippen molar-refractivity contribution in [1.29, 1.82) is 0 Å². The van der Waals surface area contributed by atoms with Gasteiger partial charge in [0.25, 0.3) is 5.91 Å². The van der Waals surface area contributed by atoms with Gasteiger partial charge in [0.2, 0.25) is 0 Å². The van der Waals surface area contributed by atoms with Crippen LogP contribution >= 0.6 is 11.5 Å². The molecule has 0 fully saturated rings. The molecular weight excluding hydrogens is 236 g/mol. The minimum absolute atomic E-state index is 0.141. The molecule has 1 aromatic carbocycles. The van der Waals surface area contributed by atoms with E-state index in [1.54, 1.807) is 6.07 Å². The van der Waals surface area contributed by atoms with E-state index in [1.807, 2.05) is 12.1 Å². The Bertz CT molecular complexity index is 511. The quantitative estimate of drug-likeness (QED) is 0.626. The van der Waals surface area contributed by atoms with Gasteiger partial charge in [0, 0.05) is 6.54 Å². The number of carbonyl (C=O) groups excluding carboxylic acids is 1. The zero-order valence-electron chi connectivity index (χ0n) is 9.56. The van der Waals surface area contributed by atoms with Crippen molar-refractivity contribution >= 4 is 27.7 Å². The fourth-order valence-electron chi connectivity index (χ4n) is 1.46. The summed E-state index contributed by atoms with van der Waals surface area (Å²) in [5.74, 6) is -0.141. The van der Waals surface area contributed by atoms with Crippen molar-refractivity contribution in [3.8, 4) is 0 Å². The second-order valence-electron chi connectivity index (χ2n) is 3.66. The summed E-state index contributed by atoms with van der Waals surface area (Å²) >= 11 is 1.24. The first-order valence-corrected chi connectivity index (χ1v) is 6.34. The highest BCUT2D eigenvalue weighted by Crippen LogP contribution is 2.19. The van der Waals surface area contributed by atoms with Gasteiger partial charge >= 0.3 is 0 Å². The fourth-order valence-corrected chi connectivity index (χ4v) is 2.13. The van der Waals surface area contributed by atoms with Gasteiger partial charge in [-0.3, -0.25) is 10.2 Å². The van der Waals surface area contributed by atoms with Crippen LogP contribution < -0.4 is 10.9 Å². The van der Waals surface area contributed by atoms with Crippen molar-refractivity contribution < 1.29 is 4.79 Å². The fraction of sp³-hybridized carbons (Fsp3) is 0.364. The van der Waals surface area contributed by atoms with Gasteiger partial charge in [-0.15, -0.1) is 5.10 Å². The number of nitrogens with zero attached hydrogens (tertiary/aromatic N) is 2. The molecule has 1 aromatic heterocycles. The highest BCUT2D eigenvalue weighted by molar-refractivity contribution is 7.13. The molecule has 0 aliphatic heterocycles. The number of amides is 1. The number of fused-ring (bicyclic) bond motifs is 1. The molecule has 0 spiro atoms. The summed E-state index contributed by atoms with van der Waals surface area (Å²) in [4.78, 5) is 11.9. The van der Waals surface area contributed by atoms with Crippen LogP contribution in [0.15, 0.2) is 18.2 Å². The first kappa shape index (κ1) is 11.9. The lowest BCUT2D eigenvalue weighted by Crippen LogP contribution is -2.37. The van der Waals surface area contributed by atoms with Gasteiger partial charge in [-0.05, 0) is 30.1 Å². The van der Waals surface area contributed by atoms with Crippen LogP contribution in [0.2, 0.25) is 0 Å². The van der Waals surface area contributed by atoms with Gasteiger partial charge in [-0.1, -0.05) is 23.9 Å². The number of benzene rings is 1. The normalized spacial score (nSPS) is 10.6. The molecule has 5 nitrogen and oxygen atoms in total. The molecule has 0 saturated carbocycles. The van der Waals surface area contributed by atoms with Gasteiger partial charge in [-0.25, -0.2) is 5.43 Å². The molecule has 2 aromatic rings. The van der Waals surface area contributed by atoms with E-state index in [9.17, 15) is 4.79 Å². The number of carbonyl (C=O) groups is 1. The molecule has 0 unspecified atom stereocenters. The molecule has 2 N–H and O–H groups in total. The minimum atomic E-state index is -0.141. The summed E-state index contributed by atoms with van der Waals surface area (Å²) in [7, 11) is 0. The van der Waals surface area contributed by atoms with Crippen molar-refractivity contribution in [1.82, 2.24) is 20.4 Å². The molecule has 0 radical (unpaired) electrons. The summed E-state index contributed by atoms with van der Waals surface area (Å²) in [6.45, 7) is 2.88. The Balaban J connectivity index is 2.06. The molecule has 0 aliphatic carbocycles. The van der Waals surface area contributed by atoms with E-state index in [-0.39, 0.29) is 5.91 Å². The average Bonchev–Trinajstić information content (AvgIpc) is 2.82. The first-order valence-electron chi connectivity index (χ1n) is 5.57. The number of nitrogens with one attached hydrogen (secondary N) is 2. The number of hydrazine groups is 1. The number of aromatic nitrogens is 2. The standard InChI is InChI=1S/C11H14N4OS/c1-2-3-7-12-14-11(16)8-5-4-6-9-10(8)17-15-13-9/h4-6,12H,2-3,7H2,1H3,(H,14,16). The zero-order chi connectivity index (χ0) is 12.1. The Labute approximate surface area is 103 Å². The topological polar surface area (TPSA) is 66.9 Å². The molecule has 6 heteroatoms. The van der Waals surface area contributed by atoms with Crippen molar-refractivity contribution in [2.45, 2.75) is 19.8 Å². The van der Waals surface area contributed by atoms with Crippen LogP contribution in [-0.4, -0.2) is 22.0 Å². The molecule has 90 valence electrons. The van der Waals surface area contributed by atoms with Gasteiger partial charge in [0.1, 0.15) is 5.52 Å². The van der Waals surface area contributed by atoms with E-state index in [2.05, 4.69) is 27.4 Å². The van der Waals surface area contributed by atoms with E-state index in [1.165, 1.54) is 11.5 Å². The van der Waals surface area contributed by atoms with E-state index in [0.29, 0.717) is 5.56 Å². The summed E-state index contributed by atoms with van der Waals surface area (Å²) < 4.78 is 4.67. The maximum absolute atomic E-state index is 11.9. The third-order valence-corrected chi connectivity index (χ3v) is 3.15. The second kappa shape index (κ2) is 5.70. The van der Waals surface area contributed by atoms with Crippen molar-refractivity contribution in [3.63, 3.8) is 0 Å².